The zero-order chi connectivity index (χ0) is 11.4. The van der Waals surface area contributed by atoms with Crippen LogP contribution < -0.4 is 5.32 Å². The van der Waals surface area contributed by atoms with Crippen molar-refractivity contribution in [3.8, 4) is 0 Å². The Bertz CT molecular complexity index is 441. The van der Waals surface area contributed by atoms with Crippen molar-refractivity contribution in [1.29, 1.82) is 0 Å². The molecule has 0 aromatic carbocycles. The van der Waals surface area contributed by atoms with Crippen molar-refractivity contribution in [3.63, 3.8) is 0 Å². The minimum atomic E-state index is 0.0803. The van der Waals surface area contributed by atoms with Gasteiger partial charge in [0.1, 0.15) is 0 Å². The molecule has 2 rings (SSSR count). The third-order valence-corrected chi connectivity index (χ3v) is 2.86. The summed E-state index contributed by atoms with van der Waals surface area (Å²) in [5.41, 5.74) is 0. The molecule has 0 radical (unpaired) electrons. The number of rotatable bonds is 4. The first-order valence-corrected chi connectivity index (χ1v) is 6.07. The number of aromatic nitrogens is 4. The fraction of sp³-hybridized carbons (Fsp3) is 0.250. The summed E-state index contributed by atoms with van der Waals surface area (Å²) in [4.78, 5) is 15.6. The van der Waals surface area contributed by atoms with Crippen LogP contribution in [0.3, 0.4) is 0 Å². The van der Waals surface area contributed by atoms with Crippen molar-refractivity contribution in [3.05, 3.63) is 27.2 Å². The lowest BCUT2D eigenvalue weighted by molar-refractivity contribution is 0.953. The number of hydrogen-bond donors (Lipinski definition) is 1. The van der Waals surface area contributed by atoms with E-state index in [1.54, 1.807) is 17.5 Å². The van der Waals surface area contributed by atoms with Crippen LogP contribution in [0.5, 0.6) is 0 Å². The van der Waals surface area contributed by atoms with Crippen LogP contribution in [-0.4, -0.2) is 26.5 Å². The molecule has 2 heterocycles. The van der Waals surface area contributed by atoms with Gasteiger partial charge >= 0.3 is 0 Å². The molecule has 0 aliphatic rings. The number of hydrogen-bond acceptors (Lipinski definition) is 6. The minimum Gasteiger partial charge on any atom is -0.354 e. The highest BCUT2D eigenvalue weighted by molar-refractivity contribution is 7.09. The Labute approximate surface area is 106 Å². The highest BCUT2D eigenvalue weighted by atomic mass is 35.5. The maximum Gasteiger partial charge on any atom is 0.228 e. The van der Waals surface area contributed by atoms with E-state index >= 15 is 0 Å². The summed E-state index contributed by atoms with van der Waals surface area (Å²) in [5, 5.41) is 6.15. The van der Waals surface area contributed by atoms with Gasteiger partial charge in [-0.2, -0.15) is 15.0 Å². The first kappa shape index (κ1) is 11.5. The topological polar surface area (TPSA) is 63.6 Å². The second kappa shape index (κ2) is 5.38. The molecule has 1 N–H and O–H groups in total. The quantitative estimate of drug-likeness (QED) is 0.928. The predicted octanol–water partition coefficient (Wildman–Crippen LogP) is 2.29. The van der Waals surface area contributed by atoms with Gasteiger partial charge in [-0.3, -0.25) is 0 Å². The van der Waals surface area contributed by atoms with Crippen molar-refractivity contribution in [2.45, 2.75) is 6.42 Å². The fourth-order valence-corrected chi connectivity index (χ4v) is 2.05. The normalized spacial score (nSPS) is 10.4. The molecular formula is C8H7Cl2N5S. The highest BCUT2D eigenvalue weighted by Crippen LogP contribution is 2.10. The number of nitrogens with zero attached hydrogens (tertiary/aromatic N) is 4. The van der Waals surface area contributed by atoms with E-state index in [0.29, 0.717) is 12.5 Å². The Hall–Kier alpha value is -0.980. The lowest BCUT2D eigenvalue weighted by atomic mass is 10.4. The molecule has 0 amide bonds. The van der Waals surface area contributed by atoms with Crippen molar-refractivity contribution in [2.75, 3.05) is 11.9 Å². The van der Waals surface area contributed by atoms with Crippen molar-refractivity contribution in [1.82, 2.24) is 19.9 Å². The monoisotopic (exact) mass is 275 g/mol. The average Bonchev–Trinajstić information content (AvgIpc) is 2.69. The molecule has 2 aromatic rings. The van der Waals surface area contributed by atoms with E-state index in [4.69, 9.17) is 23.2 Å². The first-order chi connectivity index (χ1) is 7.74. The number of thiazole rings is 1. The van der Waals surface area contributed by atoms with E-state index in [1.165, 1.54) is 0 Å². The highest BCUT2D eigenvalue weighted by Gasteiger charge is 2.02. The lowest BCUT2D eigenvalue weighted by Gasteiger charge is -2.02. The van der Waals surface area contributed by atoms with Crippen LogP contribution in [0.25, 0.3) is 0 Å². The van der Waals surface area contributed by atoms with Gasteiger partial charge in [0.15, 0.2) is 0 Å². The van der Waals surface area contributed by atoms with Crippen LogP contribution >= 0.6 is 34.5 Å². The zero-order valence-electron chi connectivity index (χ0n) is 8.02. The van der Waals surface area contributed by atoms with Crippen LogP contribution in [-0.2, 0) is 6.42 Å². The Morgan fingerprint density at radius 1 is 1.19 bits per heavy atom. The lowest BCUT2D eigenvalue weighted by Crippen LogP contribution is -2.08. The SMILES string of the molecule is Clc1nc(Cl)nc(NCCc2nccs2)n1. The molecule has 0 saturated carbocycles. The Morgan fingerprint density at radius 3 is 2.56 bits per heavy atom. The maximum atomic E-state index is 5.63. The molecule has 84 valence electrons. The molecule has 0 saturated heterocycles. The summed E-state index contributed by atoms with van der Waals surface area (Å²) in [6, 6.07) is 0. The maximum absolute atomic E-state index is 5.63. The molecule has 2 aromatic heterocycles. The number of halogens is 2. The molecule has 0 aliphatic carbocycles. The van der Waals surface area contributed by atoms with Gasteiger partial charge in [-0.25, -0.2) is 4.98 Å². The van der Waals surface area contributed by atoms with Gasteiger partial charge in [0, 0.05) is 24.5 Å². The Morgan fingerprint density at radius 2 is 1.94 bits per heavy atom. The molecule has 0 fully saturated rings. The third-order valence-electron chi connectivity index (χ3n) is 1.69. The van der Waals surface area contributed by atoms with Crippen molar-refractivity contribution >= 4 is 40.5 Å². The molecule has 0 aliphatic heterocycles. The van der Waals surface area contributed by atoms with E-state index < -0.39 is 0 Å². The van der Waals surface area contributed by atoms with Crippen LogP contribution in [0.2, 0.25) is 10.6 Å². The van der Waals surface area contributed by atoms with E-state index in [2.05, 4.69) is 25.3 Å². The first-order valence-electron chi connectivity index (χ1n) is 4.43. The van der Waals surface area contributed by atoms with Crippen LogP contribution in [0.15, 0.2) is 11.6 Å². The van der Waals surface area contributed by atoms with Crippen LogP contribution in [0.4, 0.5) is 5.95 Å². The fourth-order valence-electron chi connectivity index (χ4n) is 1.06. The zero-order valence-corrected chi connectivity index (χ0v) is 10.4. The summed E-state index contributed by atoms with van der Waals surface area (Å²) >= 11 is 12.9. The summed E-state index contributed by atoms with van der Waals surface area (Å²) in [5.74, 6) is 0.376. The van der Waals surface area contributed by atoms with Gasteiger partial charge in [-0.15, -0.1) is 11.3 Å². The van der Waals surface area contributed by atoms with E-state index in [9.17, 15) is 0 Å². The molecule has 0 bridgehead atoms. The van der Waals surface area contributed by atoms with Gasteiger partial charge in [0.05, 0.1) is 5.01 Å². The molecule has 5 nitrogen and oxygen atoms in total. The van der Waals surface area contributed by atoms with Crippen molar-refractivity contribution in [2.24, 2.45) is 0 Å². The summed E-state index contributed by atoms with van der Waals surface area (Å²) in [7, 11) is 0. The minimum absolute atomic E-state index is 0.0803. The summed E-state index contributed by atoms with van der Waals surface area (Å²) in [6.45, 7) is 0.671. The molecule has 0 atom stereocenters. The predicted molar refractivity (Wildman–Crippen MR) is 64.2 cm³/mol. The molecule has 16 heavy (non-hydrogen) atoms. The van der Waals surface area contributed by atoms with Gasteiger partial charge < -0.3 is 5.32 Å². The summed E-state index contributed by atoms with van der Waals surface area (Å²) in [6.07, 6.45) is 2.58. The van der Waals surface area contributed by atoms with E-state index in [0.717, 1.165) is 11.4 Å². The average molecular weight is 276 g/mol. The van der Waals surface area contributed by atoms with Gasteiger partial charge in [0.25, 0.3) is 0 Å². The van der Waals surface area contributed by atoms with Crippen LogP contribution in [0, 0.1) is 0 Å². The molecule has 8 heteroatoms. The Balaban J connectivity index is 1.89. The summed E-state index contributed by atoms with van der Waals surface area (Å²) < 4.78 is 0. The van der Waals surface area contributed by atoms with E-state index in [-0.39, 0.29) is 10.6 Å². The number of nitrogens with one attached hydrogen (secondary N) is 1. The molecule has 0 unspecified atom stereocenters. The standard InChI is InChI=1S/C8H7Cl2N5S/c9-6-13-7(10)15-8(14-6)12-2-1-5-11-3-4-16-5/h3-4H,1-2H2,(H,12,13,14,15). The smallest absolute Gasteiger partial charge is 0.228 e. The van der Waals surface area contributed by atoms with Gasteiger partial charge in [-0.05, 0) is 23.2 Å². The molecule has 0 spiro atoms. The second-order valence-electron chi connectivity index (χ2n) is 2.80. The van der Waals surface area contributed by atoms with Gasteiger partial charge in [0.2, 0.25) is 16.5 Å². The van der Waals surface area contributed by atoms with E-state index in [1.807, 2.05) is 5.38 Å². The van der Waals surface area contributed by atoms with Gasteiger partial charge in [-0.1, -0.05) is 0 Å². The largest absolute Gasteiger partial charge is 0.354 e. The van der Waals surface area contributed by atoms with Crippen LogP contribution in [0.1, 0.15) is 5.01 Å². The second-order valence-corrected chi connectivity index (χ2v) is 4.45. The van der Waals surface area contributed by atoms with Crippen molar-refractivity contribution < 1.29 is 0 Å². The number of anilines is 1. The third kappa shape index (κ3) is 3.26. The Kier molecular flexibility index (Phi) is 3.87. The molecular weight excluding hydrogens is 269 g/mol.